The van der Waals surface area contributed by atoms with E-state index in [1.54, 1.807) is 19.1 Å². The number of rotatable bonds is 7. The van der Waals surface area contributed by atoms with Gasteiger partial charge < -0.3 is 10.4 Å². The van der Waals surface area contributed by atoms with Crippen molar-refractivity contribution < 1.29 is 19.6 Å². The first kappa shape index (κ1) is 16.0. The monoisotopic (exact) mass is 298 g/mol. The predicted octanol–water partition coefficient (Wildman–Crippen LogP) is 1.45. The van der Waals surface area contributed by atoms with Crippen molar-refractivity contribution in [3.63, 3.8) is 0 Å². The number of para-hydroxylation sites is 1. The molecule has 0 radical (unpaired) electrons. The maximum absolute atomic E-state index is 11.9. The third-order valence-electron chi connectivity index (χ3n) is 2.42. The lowest BCUT2D eigenvalue weighted by atomic mass is 10.1. The number of carboxylic acids is 1. The first-order chi connectivity index (χ1) is 9.43. The van der Waals surface area contributed by atoms with Gasteiger partial charge in [-0.25, -0.2) is 0 Å². The molecule has 0 aliphatic heterocycles. The van der Waals surface area contributed by atoms with E-state index in [-0.39, 0.29) is 23.5 Å². The van der Waals surface area contributed by atoms with Gasteiger partial charge in [0, 0.05) is 17.9 Å². The highest BCUT2D eigenvalue weighted by Crippen LogP contribution is 2.22. The lowest BCUT2D eigenvalue weighted by Gasteiger charge is -2.06. The molecule has 1 rings (SSSR count). The number of hydrogen-bond acceptors (Lipinski definition) is 5. The zero-order chi connectivity index (χ0) is 15.1. The Morgan fingerprint density at radius 3 is 2.75 bits per heavy atom. The molecule has 0 aliphatic carbocycles. The van der Waals surface area contributed by atoms with Crippen LogP contribution in [0.4, 0.5) is 5.69 Å². The van der Waals surface area contributed by atoms with Gasteiger partial charge in [0.15, 0.2) is 0 Å². The summed E-state index contributed by atoms with van der Waals surface area (Å²) in [6.45, 7) is 1.82. The van der Waals surface area contributed by atoms with Crippen LogP contribution in [0.25, 0.3) is 0 Å². The number of carbonyl (C=O) groups excluding carboxylic acids is 1. The lowest BCUT2D eigenvalue weighted by molar-refractivity contribution is -0.385. The second-order valence-corrected chi connectivity index (χ2v) is 5.04. The normalized spacial score (nSPS) is 10.1. The molecule has 108 valence electrons. The Hall–Kier alpha value is -2.09. The first-order valence-electron chi connectivity index (χ1n) is 5.75. The molecular formula is C12H14N2O5S. The number of thioether (sulfide) groups is 1. The highest BCUT2D eigenvalue weighted by molar-refractivity contribution is 7.99. The number of nitro benzene ring substituents is 1. The second-order valence-electron chi connectivity index (χ2n) is 3.93. The summed E-state index contributed by atoms with van der Waals surface area (Å²) in [4.78, 5) is 32.5. The Labute approximate surface area is 119 Å². The summed E-state index contributed by atoms with van der Waals surface area (Å²) in [7, 11) is 0. The van der Waals surface area contributed by atoms with Gasteiger partial charge in [0.05, 0.1) is 10.7 Å². The van der Waals surface area contributed by atoms with Crippen molar-refractivity contribution in [1.82, 2.24) is 5.32 Å². The summed E-state index contributed by atoms with van der Waals surface area (Å²) < 4.78 is 0. The van der Waals surface area contributed by atoms with Crippen LogP contribution >= 0.6 is 11.8 Å². The summed E-state index contributed by atoms with van der Waals surface area (Å²) in [5.74, 6) is -1.06. The van der Waals surface area contributed by atoms with Gasteiger partial charge in [0.1, 0.15) is 5.56 Å². The molecule has 1 amide bonds. The topological polar surface area (TPSA) is 110 Å². The fourth-order valence-corrected chi connectivity index (χ4v) is 2.14. The van der Waals surface area contributed by atoms with Crippen LogP contribution in [0.5, 0.6) is 0 Å². The van der Waals surface area contributed by atoms with Crippen LogP contribution < -0.4 is 5.32 Å². The van der Waals surface area contributed by atoms with E-state index in [2.05, 4.69) is 5.32 Å². The molecule has 2 N–H and O–H groups in total. The summed E-state index contributed by atoms with van der Waals surface area (Å²) in [6, 6.07) is 4.54. The Kier molecular flexibility index (Phi) is 5.98. The molecule has 8 heteroatoms. The molecule has 0 atom stereocenters. The van der Waals surface area contributed by atoms with Crippen LogP contribution in [0, 0.1) is 17.0 Å². The predicted molar refractivity (Wildman–Crippen MR) is 75.1 cm³/mol. The van der Waals surface area contributed by atoms with E-state index in [1.807, 2.05) is 0 Å². The molecule has 1 aromatic carbocycles. The zero-order valence-electron chi connectivity index (χ0n) is 10.8. The SMILES string of the molecule is Cc1cccc(C(=O)NCCSCC(=O)O)c1[N+](=O)[O-]. The van der Waals surface area contributed by atoms with Crippen LogP contribution in [-0.2, 0) is 4.79 Å². The Balaban J connectivity index is 2.62. The summed E-state index contributed by atoms with van der Waals surface area (Å²) in [5.41, 5.74) is 0.226. The Morgan fingerprint density at radius 1 is 1.45 bits per heavy atom. The fourth-order valence-electron chi connectivity index (χ4n) is 1.58. The number of aliphatic carboxylic acids is 1. The molecule has 7 nitrogen and oxygen atoms in total. The molecule has 0 heterocycles. The summed E-state index contributed by atoms with van der Waals surface area (Å²) in [6.07, 6.45) is 0. The number of benzene rings is 1. The van der Waals surface area contributed by atoms with Crippen molar-refractivity contribution in [2.45, 2.75) is 6.92 Å². The van der Waals surface area contributed by atoms with Crippen molar-refractivity contribution >= 4 is 29.3 Å². The van der Waals surface area contributed by atoms with Gasteiger partial charge in [0.2, 0.25) is 0 Å². The van der Waals surface area contributed by atoms with Crippen LogP contribution in [0.15, 0.2) is 18.2 Å². The number of carboxylic acid groups (broad SMARTS) is 1. The minimum Gasteiger partial charge on any atom is -0.481 e. The quantitative estimate of drug-likeness (QED) is 0.448. The van der Waals surface area contributed by atoms with Crippen LogP contribution in [0.3, 0.4) is 0 Å². The molecule has 0 saturated heterocycles. The molecule has 0 spiro atoms. The standard InChI is InChI=1S/C12H14N2O5S/c1-8-3-2-4-9(11(8)14(18)19)12(17)13-5-6-20-7-10(15)16/h2-4H,5-7H2,1H3,(H,13,17)(H,15,16). The van der Waals surface area contributed by atoms with Gasteiger partial charge in [-0.1, -0.05) is 12.1 Å². The number of nitrogens with zero attached hydrogens (tertiary/aromatic N) is 1. The average Bonchev–Trinajstić information content (AvgIpc) is 2.36. The van der Waals surface area contributed by atoms with E-state index in [9.17, 15) is 19.7 Å². The van der Waals surface area contributed by atoms with Crippen molar-refractivity contribution in [3.8, 4) is 0 Å². The molecule has 20 heavy (non-hydrogen) atoms. The first-order valence-corrected chi connectivity index (χ1v) is 6.90. The van der Waals surface area contributed by atoms with E-state index in [0.717, 1.165) is 11.8 Å². The van der Waals surface area contributed by atoms with Gasteiger partial charge in [0.25, 0.3) is 11.6 Å². The van der Waals surface area contributed by atoms with Crippen LogP contribution in [0.1, 0.15) is 15.9 Å². The lowest BCUT2D eigenvalue weighted by Crippen LogP contribution is -2.26. The smallest absolute Gasteiger partial charge is 0.313 e. The highest BCUT2D eigenvalue weighted by Gasteiger charge is 2.21. The number of nitrogens with one attached hydrogen (secondary N) is 1. The average molecular weight is 298 g/mol. The van der Waals surface area contributed by atoms with Gasteiger partial charge in [-0.15, -0.1) is 11.8 Å². The van der Waals surface area contributed by atoms with Gasteiger partial charge >= 0.3 is 5.97 Å². The number of carbonyl (C=O) groups is 2. The summed E-state index contributed by atoms with van der Waals surface area (Å²) >= 11 is 1.16. The number of aryl methyl sites for hydroxylation is 1. The van der Waals surface area contributed by atoms with E-state index < -0.39 is 16.8 Å². The number of hydrogen-bond donors (Lipinski definition) is 2. The van der Waals surface area contributed by atoms with E-state index in [1.165, 1.54) is 6.07 Å². The molecule has 0 aromatic heterocycles. The molecule has 0 saturated carbocycles. The molecule has 1 aromatic rings. The molecule has 0 fully saturated rings. The van der Waals surface area contributed by atoms with Gasteiger partial charge in [-0.2, -0.15) is 0 Å². The second kappa shape index (κ2) is 7.49. The van der Waals surface area contributed by atoms with Crippen LogP contribution in [-0.4, -0.2) is 40.0 Å². The molecule has 0 unspecified atom stereocenters. The minimum atomic E-state index is -0.921. The van der Waals surface area contributed by atoms with Gasteiger partial charge in [-0.05, 0) is 13.0 Å². The Bertz CT molecular complexity index is 533. The van der Waals surface area contributed by atoms with Crippen molar-refractivity contribution in [3.05, 3.63) is 39.4 Å². The van der Waals surface area contributed by atoms with Crippen LogP contribution in [0.2, 0.25) is 0 Å². The largest absolute Gasteiger partial charge is 0.481 e. The van der Waals surface area contributed by atoms with Crippen molar-refractivity contribution in [2.75, 3.05) is 18.1 Å². The fraction of sp³-hybridized carbons (Fsp3) is 0.333. The number of nitro groups is 1. The Morgan fingerprint density at radius 2 is 2.15 bits per heavy atom. The van der Waals surface area contributed by atoms with Gasteiger partial charge in [-0.3, -0.25) is 19.7 Å². The molecule has 0 aliphatic rings. The van der Waals surface area contributed by atoms with E-state index >= 15 is 0 Å². The minimum absolute atomic E-state index is 0.0123. The maximum atomic E-state index is 11.9. The molecular weight excluding hydrogens is 284 g/mol. The maximum Gasteiger partial charge on any atom is 0.313 e. The number of amides is 1. The zero-order valence-corrected chi connectivity index (χ0v) is 11.6. The van der Waals surface area contributed by atoms with Crippen molar-refractivity contribution in [2.24, 2.45) is 0 Å². The third-order valence-corrected chi connectivity index (χ3v) is 3.37. The van der Waals surface area contributed by atoms with Crippen molar-refractivity contribution in [1.29, 1.82) is 0 Å². The molecule has 0 bridgehead atoms. The van der Waals surface area contributed by atoms with E-state index in [4.69, 9.17) is 5.11 Å². The third kappa shape index (κ3) is 4.54. The highest BCUT2D eigenvalue weighted by atomic mass is 32.2. The summed E-state index contributed by atoms with van der Waals surface area (Å²) in [5, 5.41) is 21.9. The van der Waals surface area contributed by atoms with E-state index in [0.29, 0.717) is 11.3 Å².